The highest BCUT2D eigenvalue weighted by Crippen LogP contribution is 2.47. The van der Waals surface area contributed by atoms with E-state index in [0.717, 1.165) is 19.3 Å². The molecule has 0 bridgehead atoms. The lowest BCUT2D eigenvalue weighted by Gasteiger charge is -2.19. The first-order valence-corrected chi connectivity index (χ1v) is 10.0. The van der Waals surface area contributed by atoms with Gasteiger partial charge < -0.3 is 15.4 Å². The summed E-state index contributed by atoms with van der Waals surface area (Å²) in [6, 6.07) is 7.35. The number of allylic oxidation sites excluding steroid dienone is 1. The molecule has 0 unspecified atom stereocenters. The maximum Gasteiger partial charge on any atom is 0.240 e. The van der Waals surface area contributed by atoms with Gasteiger partial charge in [0.1, 0.15) is 11.2 Å². The van der Waals surface area contributed by atoms with E-state index < -0.39 is 5.41 Å². The zero-order chi connectivity index (χ0) is 19.3. The fourth-order valence-electron chi connectivity index (χ4n) is 3.49. The Balaban J connectivity index is 1.56. The van der Waals surface area contributed by atoms with E-state index in [2.05, 4.69) is 16.7 Å². The average molecular weight is 370 g/mol. The number of nitrogens with one attached hydrogen (secondary N) is 2. The average Bonchev–Trinajstić information content (AvgIpc) is 3.46. The molecule has 0 saturated heterocycles. The molecule has 146 valence electrons. The lowest BCUT2D eigenvalue weighted by atomic mass is 9.97. The van der Waals surface area contributed by atoms with Crippen LogP contribution in [0.25, 0.3) is 0 Å². The Morgan fingerprint density at radius 1 is 1.15 bits per heavy atom. The Hall–Kier alpha value is -2.30. The largest absolute Gasteiger partial charge is 0.489 e. The van der Waals surface area contributed by atoms with Crippen molar-refractivity contribution in [1.29, 1.82) is 0 Å². The highest BCUT2D eigenvalue weighted by molar-refractivity contribution is 6.13. The van der Waals surface area contributed by atoms with E-state index in [1.54, 1.807) is 6.07 Å². The first-order chi connectivity index (χ1) is 13.0. The summed E-state index contributed by atoms with van der Waals surface area (Å²) in [7, 11) is 0. The van der Waals surface area contributed by atoms with Crippen molar-refractivity contribution in [2.75, 3.05) is 11.9 Å². The first-order valence-electron chi connectivity index (χ1n) is 10.0. The maximum absolute atomic E-state index is 12.8. The lowest BCUT2D eigenvalue weighted by molar-refractivity contribution is -0.134. The van der Waals surface area contributed by atoms with Crippen LogP contribution in [-0.2, 0) is 9.59 Å². The van der Waals surface area contributed by atoms with Crippen LogP contribution in [0.5, 0.6) is 5.75 Å². The number of anilines is 1. The van der Waals surface area contributed by atoms with Crippen LogP contribution in [0.1, 0.15) is 58.8 Å². The number of para-hydroxylation sites is 2. The number of benzene rings is 1. The molecule has 0 heterocycles. The molecule has 27 heavy (non-hydrogen) atoms. The fraction of sp³-hybridized carbons (Fsp3) is 0.545. The molecule has 2 N–H and O–H groups in total. The second kappa shape index (κ2) is 8.59. The summed E-state index contributed by atoms with van der Waals surface area (Å²) >= 11 is 0. The SMILES string of the molecule is CC(C)Oc1ccccc1NC(=O)C1(C(=O)NCCC2=CCCCC2)CC1. The van der Waals surface area contributed by atoms with Gasteiger partial charge in [-0.3, -0.25) is 9.59 Å². The van der Waals surface area contributed by atoms with Crippen LogP contribution < -0.4 is 15.4 Å². The molecule has 0 aliphatic heterocycles. The van der Waals surface area contributed by atoms with Crippen LogP contribution in [0.4, 0.5) is 5.69 Å². The minimum Gasteiger partial charge on any atom is -0.489 e. The minimum absolute atomic E-state index is 0.00956. The van der Waals surface area contributed by atoms with Gasteiger partial charge >= 0.3 is 0 Å². The summed E-state index contributed by atoms with van der Waals surface area (Å²) in [5, 5.41) is 5.88. The van der Waals surface area contributed by atoms with Crippen LogP contribution in [0.3, 0.4) is 0 Å². The zero-order valence-electron chi connectivity index (χ0n) is 16.3. The van der Waals surface area contributed by atoms with Gasteiger partial charge in [0.25, 0.3) is 0 Å². The van der Waals surface area contributed by atoms with Crippen molar-refractivity contribution in [3.05, 3.63) is 35.9 Å². The highest BCUT2D eigenvalue weighted by atomic mass is 16.5. The normalized spacial score (nSPS) is 17.8. The molecule has 1 saturated carbocycles. The van der Waals surface area contributed by atoms with E-state index in [-0.39, 0.29) is 17.9 Å². The van der Waals surface area contributed by atoms with Gasteiger partial charge in [0, 0.05) is 6.54 Å². The Bertz CT molecular complexity index is 720. The van der Waals surface area contributed by atoms with Crippen molar-refractivity contribution in [2.45, 2.75) is 64.9 Å². The van der Waals surface area contributed by atoms with E-state index in [4.69, 9.17) is 4.74 Å². The predicted molar refractivity (Wildman–Crippen MR) is 107 cm³/mol. The molecule has 0 radical (unpaired) electrons. The first kappa shape index (κ1) is 19.5. The molecule has 3 rings (SSSR count). The fourth-order valence-corrected chi connectivity index (χ4v) is 3.49. The summed E-state index contributed by atoms with van der Waals surface area (Å²) in [6.45, 7) is 4.49. The molecule has 2 aliphatic rings. The minimum atomic E-state index is -0.925. The molecule has 2 aliphatic carbocycles. The van der Waals surface area contributed by atoms with Gasteiger partial charge in [0.2, 0.25) is 11.8 Å². The topological polar surface area (TPSA) is 67.4 Å². The number of rotatable bonds is 8. The van der Waals surface area contributed by atoms with Crippen LogP contribution in [0.2, 0.25) is 0 Å². The summed E-state index contributed by atoms with van der Waals surface area (Å²) in [6.07, 6.45) is 9.17. The summed E-state index contributed by atoms with van der Waals surface area (Å²) in [4.78, 5) is 25.4. The third kappa shape index (κ3) is 4.90. The van der Waals surface area contributed by atoms with Gasteiger partial charge in [0.05, 0.1) is 11.8 Å². The Morgan fingerprint density at radius 3 is 2.59 bits per heavy atom. The van der Waals surface area contributed by atoms with E-state index in [1.807, 2.05) is 32.0 Å². The second-order valence-electron chi connectivity index (χ2n) is 7.81. The monoisotopic (exact) mass is 370 g/mol. The standard InChI is InChI=1S/C22H30N2O3/c1-16(2)27-19-11-7-6-10-18(19)24-21(26)22(13-14-22)20(25)23-15-12-17-8-4-3-5-9-17/h6-8,10-11,16H,3-5,9,12-15H2,1-2H3,(H,23,25)(H,24,26). The van der Waals surface area contributed by atoms with Gasteiger partial charge in [-0.1, -0.05) is 23.8 Å². The van der Waals surface area contributed by atoms with Crippen LogP contribution >= 0.6 is 0 Å². The molecule has 5 heteroatoms. The van der Waals surface area contributed by atoms with Gasteiger partial charge in [-0.25, -0.2) is 0 Å². The van der Waals surface area contributed by atoms with Crippen molar-refractivity contribution in [2.24, 2.45) is 5.41 Å². The molecule has 1 aromatic carbocycles. The van der Waals surface area contributed by atoms with E-state index in [9.17, 15) is 9.59 Å². The highest BCUT2D eigenvalue weighted by Gasteiger charge is 2.56. The van der Waals surface area contributed by atoms with Crippen LogP contribution in [0.15, 0.2) is 35.9 Å². The van der Waals surface area contributed by atoms with Gasteiger partial charge in [-0.05, 0) is 70.9 Å². The number of ether oxygens (including phenoxy) is 1. The number of hydrogen-bond donors (Lipinski definition) is 2. The molecule has 1 aromatic rings. The van der Waals surface area contributed by atoms with E-state index in [0.29, 0.717) is 30.8 Å². The van der Waals surface area contributed by atoms with Crippen molar-refractivity contribution in [3.8, 4) is 5.75 Å². The molecular formula is C22H30N2O3. The smallest absolute Gasteiger partial charge is 0.240 e. The Morgan fingerprint density at radius 2 is 1.93 bits per heavy atom. The number of carbonyl (C=O) groups excluding carboxylic acids is 2. The van der Waals surface area contributed by atoms with E-state index >= 15 is 0 Å². The van der Waals surface area contributed by atoms with Crippen LogP contribution in [0, 0.1) is 5.41 Å². The molecular weight excluding hydrogens is 340 g/mol. The lowest BCUT2D eigenvalue weighted by Crippen LogP contribution is -2.40. The summed E-state index contributed by atoms with van der Waals surface area (Å²) in [5.41, 5.74) is 1.12. The van der Waals surface area contributed by atoms with E-state index in [1.165, 1.54) is 18.4 Å². The summed E-state index contributed by atoms with van der Waals surface area (Å²) in [5.74, 6) is 0.233. The van der Waals surface area contributed by atoms with Crippen molar-refractivity contribution in [3.63, 3.8) is 0 Å². The molecule has 0 spiro atoms. The third-order valence-corrected chi connectivity index (χ3v) is 5.23. The van der Waals surface area contributed by atoms with Crippen LogP contribution in [-0.4, -0.2) is 24.5 Å². The molecule has 0 atom stereocenters. The van der Waals surface area contributed by atoms with Crippen molar-refractivity contribution in [1.82, 2.24) is 5.32 Å². The second-order valence-corrected chi connectivity index (χ2v) is 7.81. The molecule has 0 aromatic heterocycles. The molecule has 2 amide bonds. The number of hydrogen-bond acceptors (Lipinski definition) is 3. The molecule has 1 fully saturated rings. The third-order valence-electron chi connectivity index (χ3n) is 5.23. The Labute approximate surface area is 161 Å². The maximum atomic E-state index is 12.8. The van der Waals surface area contributed by atoms with Gasteiger partial charge in [-0.2, -0.15) is 0 Å². The van der Waals surface area contributed by atoms with Gasteiger partial charge in [-0.15, -0.1) is 0 Å². The quantitative estimate of drug-likeness (QED) is 0.532. The molecule has 5 nitrogen and oxygen atoms in total. The van der Waals surface area contributed by atoms with Gasteiger partial charge in [0.15, 0.2) is 0 Å². The number of amides is 2. The number of carbonyl (C=O) groups is 2. The van der Waals surface area contributed by atoms with Crippen molar-refractivity contribution >= 4 is 17.5 Å². The predicted octanol–water partition coefficient (Wildman–Crippen LogP) is 4.20. The summed E-state index contributed by atoms with van der Waals surface area (Å²) < 4.78 is 5.75. The zero-order valence-corrected chi connectivity index (χ0v) is 16.3. The Kier molecular flexibility index (Phi) is 6.19. The van der Waals surface area contributed by atoms with Crippen molar-refractivity contribution < 1.29 is 14.3 Å².